The standard InChI is InChI=1S/C9H14N4/c1-13(2)6-7-5-12-9-8(7)10-3-4-11-9/h3,5,11-12H,4,6H2,1-2H3. The van der Waals surface area contributed by atoms with Gasteiger partial charge >= 0.3 is 0 Å². The van der Waals surface area contributed by atoms with E-state index in [2.05, 4.69) is 34.3 Å². The number of aliphatic imine (C=N–C) groups is 1. The zero-order valence-electron chi connectivity index (χ0n) is 7.96. The predicted molar refractivity (Wildman–Crippen MR) is 54.8 cm³/mol. The number of H-pyrrole nitrogens is 1. The summed E-state index contributed by atoms with van der Waals surface area (Å²) in [6.45, 7) is 1.74. The number of aromatic amines is 1. The van der Waals surface area contributed by atoms with Crippen LogP contribution in [0.3, 0.4) is 0 Å². The summed E-state index contributed by atoms with van der Waals surface area (Å²) in [5.41, 5.74) is 2.29. The van der Waals surface area contributed by atoms with Gasteiger partial charge in [0.15, 0.2) is 0 Å². The second kappa shape index (κ2) is 3.22. The van der Waals surface area contributed by atoms with Gasteiger partial charge in [-0.25, -0.2) is 0 Å². The molecule has 2 heterocycles. The number of nitrogens with zero attached hydrogens (tertiary/aromatic N) is 2. The lowest BCUT2D eigenvalue weighted by atomic mass is 10.2. The van der Waals surface area contributed by atoms with E-state index >= 15 is 0 Å². The van der Waals surface area contributed by atoms with Crippen molar-refractivity contribution in [1.29, 1.82) is 0 Å². The zero-order valence-corrected chi connectivity index (χ0v) is 7.96. The third kappa shape index (κ3) is 1.58. The smallest absolute Gasteiger partial charge is 0.130 e. The summed E-state index contributed by atoms with van der Waals surface area (Å²) in [5, 5.41) is 3.23. The SMILES string of the molecule is CN(C)Cc1c[nH]c2c1N=CCN2. The third-order valence-electron chi connectivity index (χ3n) is 2.01. The van der Waals surface area contributed by atoms with Crippen molar-refractivity contribution in [3.63, 3.8) is 0 Å². The summed E-state index contributed by atoms with van der Waals surface area (Å²) < 4.78 is 0. The second-order valence-corrected chi connectivity index (χ2v) is 3.47. The van der Waals surface area contributed by atoms with E-state index in [4.69, 9.17) is 0 Å². The molecule has 0 fully saturated rings. The summed E-state index contributed by atoms with van der Waals surface area (Å²) in [5.74, 6) is 1.04. The first-order valence-electron chi connectivity index (χ1n) is 4.39. The van der Waals surface area contributed by atoms with Crippen LogP contribution in [-0.2, 0) is 6.54 Å². The Kier molecular flexibility index (Phi) is 2.06. The molecule has 2 rings (SSSR count). The summed E-state index contributed by atoms with van der Waals surface area (Å²) in [7, 11) is 4.11. The molecule has 0 aliphatic carbocycles. The van der Waals surface area contributed by atoms with Crippen LogP contribution in [0.2, 0.25) is 0 Å². The Morgan fingerprint density at radius 3 is 3.15 bits per heavy atom. The molecule has 0 aromatic carbocycles. The van der Waals surface area contributed by atoms with E-state index in [0.29, 0.717) is 0 Å². The third-order valence-corrected chi connectivity index (χ3v) is 2.01. The predicted octanol–water partition coefficient (Wildman–Crippen LogP) is 1.20. The van der Waals surface area contributed by atoms with Gasteiger partial charge in [0.25, 0.3) is 0 Å². The van der Waals surface area contributed by atoms with Gasteiger partial charge in [-0.1, -0.05) is 0 Å². The van der Waals surface area contributed by atoms with E-state index < -0.39 is 0 Å². The van der Waals surface area contributed by atoms with Crippen molar-refractivity contribution in [2.24, 2.45) is 4.99 Å². The molecule has 0 atom stereocenters. The highest BCUT2D eigenvalue weighted by Crippen LogP contribution is 2.30. The van der Waals surface area contributed by atoms with Crippen molar-refractivity contribution in [2.45, 2.75) is 6.54 Å². The Morgan fingerprint density at radius 1 is 1.54 bits per heavy atom. The first-order valence-corrected chi connectivity index (χ1v) is 4.39. The van der Waals surface area contributed by atoms with E-state index in [1.807, 2.05) is 12.4 Å². The number of hydrogen-bond acceptors (Lipinski definition) is 3. The summed E-state index contributed by atoms with van der Waals surface area (Å²) in [4.78, 5) is 9.67. The average Bonchev–Trinajstić information content (AvgIpc) is 2.48. The maximum absolute atomic E-state index is 4.36. The van der Waals surface area contributed by atoms with Gasteiger partial charge in [0.2, 0.25) is 0 Å². The molecule has 1 aliphatic heterocycles. The minimum atomic E-state index is 0.814. The fourth-order valence-electron chi connectivity index (χ4n) is 1.48. The van der Waals surface area contributed by atoms with E-state index in [-0.39, 0.29) is 0 Å². The van der Waals surface area contributed by atoms with Gasteiger partial charge in [0.05, 0.1) is 6.54 Å². The van der Waals surface area contributed by atoms with E-state index in [0.717, 1.165) is 24.6 Å². The van der Waals surface area contributed by atoms with Crippen LogP contribution in [0.4, 0.5) is 11.5 Å². The molecule has 0 radical (unpaired) electrons. The number of aromatic nitrogens is 1. The van der Waals surface area contributed by atoms with Crippen LogP contribution in [0.5, 0.6) is 0 Å². The molecule has 4 nitrogen and oxygen atoms in total. The van der Waals surface area contributed by atoms with Crippen molar-refractivity contribution in [3.8, 4) is 0 Å². The maximum atomic E-state index is 4.36. The Balaban J connectivity index is 2.28. The molecule has 0 unspecified atom stereocenters. The van der Waals surface area contributed by atoms with Crippen molar-refractivity contribution >= 4 is 17.7 Å². The Labute approximate surface area is 77.7 Å². The zero-order chi connectivity index (χ0) is 9.26. The highest BCUT2D eigenvalue weighted by molar-refractivity contribution is 5.80. The minimum absolute atomic E-state index is 0.814. The lowest BCUT2D eigenvalue weighted by molar-refractivity contribution is 0.403. The number of nitrogens with one attached hydrogen (secondary N) is 2. The Bertz CT molecular complexity index is 324. The first-order chi connectivity index (χ1) is 6.27. The molecule has 4 heteroatoms. The molecular formula is C9H14N4. The van der Waals surface area contributed by atoms with Crippen LogP contribution in [0, 0.1) is 0 Å². The molecule has 0 bridgehead atoms. The fourth-order valence-corrected chi connectivity index (χ4v) is 1.48. The van der Waals surface area contributed by atoms with Crippen LogP contribution in [0.25, 0.3) is 0 Å². The van der Waals surface area contributed by atoms with Crippen molar-refractivity contribution < 1.29 is 0 Å². The molecule has 0 saturated heterocycles. The monoisotopic (exact) mass is 178 g/mol. The molecule has 13 heavy (non-hydrogen) atoms. The van der Waals surface area contributed by atoms with Crippen LogP contribution < -0.4 is 5.32 Å². The van der Waals surface area contributed by atoms with Gasteiger partial charge in [-0.3, -0.25) is 4.99 Å². The lowest BCUT2D eigenvalue weighted by Crippen LogP contribution is -2.11. The first kappa shape index (κ1) is 8.31. The molecule has 70 valence electrons. The molecule has 0 spiro atoms. The lowest BCUT2D eigenvalue weighted by Gasteiger charge is -2.11. The molecule has 0 saturated carbocycles. The number of rotatable bonds is 2. The average molecular weight is 178 g/mol. The number of fused-ring (bicyclic) bond motifs is 1. The number of anilines is 1. The molecule has 2 N–H and O–H groups in total. The largest absolute Gasteiger partial charge is 0.365 e. The van der Waals surface area contributed by atoms with E-state index in [9.17, 15) is 0 Å². The van der Waals surface area contributed by atoms with E-state index in [1.54, 1.807) is 0 Å². The molecule has 1 aromatic rings. The highest BCUT2D eigenvalue weighted by atomic mass is 15.1. The molecule has 1 aliphatic rings. The van der Waals surface area contributed by atoms with Gasteiger partial charge in [0, 0.05) is 24.5 Å². The van der Waals surface area contributed by atoms with Crippen LogP contribution in [0.15, 0.2) is 11.2 Å². The van der Waals surface area contributed by atoms with Gasteiger partial charge in [-0.05, 0) is 14.1 Å². The molecular weight excluding hydrogens is 164 g/mol. The van der Waals surface area contributed by atoms with Gasteiger partial charge in [-0.15, -0.1) is 0 Å². The van der Waals surface area contributed by atoms with Gasteiger partial charge < -0.3 is 15.2 Å². The highest BCUT2D eigenvalue weighted by Gasteiger charge is 2.12. The van der Waals surface area contributed by atoms with E-state index in [1.165, 1.54) is 5.56 Å². The Hall–Kier alpha value is -1.29. The second-order valence-electron chi connectivity index (χ2n) is 3.47. The summed E-state index contributed by atoms with van der Waals surface area (Å²) in [6, 6.07) is 0. The Morgan fingerprint density at radius 2 is 2.38 bits per heavy atom. The minimum Gasteiger partial charge on any atom is -0.365 e. The van der Waals surface area contributed by atoms with Crippen LogP contribution in [-0.4, -0.2) is 36.7 Å². The quantitative estimate of drug-likeness (QED) is 0.714. The molecule has 1 aromatic heterocycles. The normalized spacial score (nSPS) is 14.4. The van der Waals surface area contributed by atoms with Gasteiger partial charge in [0.1, 0.15) is 11.5 Å². The van der Waals surface area contributed by atoms with Crippen molar-refractivity contribution in [3.05, 3.63) is 11.8 Å². The topological polar surface area (TPSA) is 43.4 Å². The van der Waals surface area contributed by atoms with Crippen molar-refractivity contribution in [1.82, 2.24) is 9.88 Å². The summed E-state index contributed by atoms with van der Waals surface area (Å²) >= 11 is 0. The van der Waals surface area contributed by atoms with Crippen LogP contribution in [0.1, 0.15) is 5.56 Å². The molecule has 0 amide bonds. The maximum Gasteiger partial charge on any atom is 0.130 e. The van der Waals surface area contributed by atoms with Crippen LogP contribution >= 0.6 is 0 Å². The van der Waals surface area contributed by atoms with Crippen molar-refractivity contribution in [2.75, 3.05) is 26.0 Å². The number of hydrogen-bond donors (Lipinski definition) is 2. The summed E-state index contributed by atoms with van der Waals surface area (Å²) in [6.07, 6.45) is 3.91. The van der Waals surface area contributed by atoms with Gasteiger partial charge in [-0.2, -0.15) is 0 Å². The fraction of sp³-hybridized carbons (Fsp3) is 0.444.